The first-order chi connectivity index (χ1) is 7.42. The third-order valence-corrected chi connectivity index (χ3v) is 2.04. The lowest BCUT2D eigenvalue weighted by atomic mass is 10.1. The minimum Gasteiger partial charge on any atom is -0.537 e. The summed E-state index contributed by atoms with van der Waals surface area (Å²) < 4.78 is 4.99. The van der Waals surface area contributed by atoms with Gasteiger partial charge in [-0.05, 0) is 12.1 Å². The Morgan fingerprint density at radius 3 is 2.73 bits per heavy atom. The summed E-state index contributed by atoms with van der Waals surface area (Å²) in [4.78, 5) is 4.03. The van der Waals surface area contributed by atoms with Gasteiger partial charge in [-0.2, -0.15) is 0 Å². The zero-order valence-electron chi connectivity index (χ0n) is 8.00. The summed E-state index contributed by atoms with van der Waals surface area (Å²) in [6.45, 7) is 0. The van der Waals surface area contributed by atoms with Crippen molar-refractivity contribution in [3.8, 4) is 16.9 Å². The first-order valence-electron chi connectivity index (χ1n) is 4.54. The molecule has 1 N–H and O–H groups in total. The van der Waals surface area contributed by atoms with Crippen molar-refractivity contribution in [1.82, 2.24) is 4.98 Å². The number of aromatic nitrogens is 1. The van der Waals surface area contributed by atoms with E-state index in [4.69, 9.17) is 9.68 Å². The standard InChI is InChI=1S/C11H9BNO2/c14-12-15-11-6-2-1-5-10(11)9-4-3-7-13-8-9/h1-8,14H. The summed E-state index contributed by atoms with van der Waals surface area (Å²) in [6, 6.07) is 11.2. The highest BCUT2D eigenvalue weighted by Crippen LogP contribution is 2.28. The highest BCUT2D eigenvalue weighted by Gasteiger charge is 2.05. The highest BCUT2D eigenvalue weighted by molar-refractivity contribution is 6.17. The second-order valence-electron chi connectivity index (χ2n) is 2.96. The number of nitrogens with zero attached hydrogens (tertiary/aromatic N) is 1. The zero-order chi connectivity index (χ0) is 10.5. The van der Waals surface area contributed by atoms with Crippen LogP contribution in [0.2, 0.25) is 0 Å². The maximum absolute atomic E-state index is 8.63. The van der Waals surface area contributed by atoms with Gasteiger partial charge in [0.15, 0.2) is 0 Å². The minimum atomic E-state index is 0.605. The van der Waals surface area contributed by atoms with Crippen molar-refractivity contribution < 1.29 is 9.68 Å². The van der Waals surface area contributed by atoms with Crippen molar-refractivity contribution in [2.24, 2.45) is 0 Å². The molecule has 0 saturated heterocycles. The molecule has 1 heterocycles. The van der Waals surface area contributed by atoms with Gasteiger partial charge in [0.1, 0.15) is 5.75 Å². The first kappa shape index (κ1) is 9.74. The quantitative estimate of drug-likeness (QED) is 0.762. The van der Waals surface area contributed by atoms with Crippen molar-refractivity contribution in [2.45, 2.75) is 0 Å². The van der Waals surface area contributed by atoms with E-state index in [1.165, 1.54) is 0 Å². The number of hydrogen-bond donors (Lipinski definition) is 1. The number of para-hydroxylation sites is 1. The molecule has 0 aliphatic heterocycles. The maximum atomic E-state index is 8.63. The highest BCUT2D eigenvalue weighted by atomic mass is 16.5. The van der Waals surface area contributed by atoms with Gasteiger partial charge in [0.05, 0.1) is 0 Å². The van der Waals surface area contributed by atoms with E-state index in [9.17, 15) is 0 Å². The van der Waals surface area contributed by atoms with Gasteiger partial charge in [0, 0.05) is 23.5 Å². The SMILES string of the molecule is O[B]Oc1ccccc1-c1cccnc1. The summed E-state index contributed by atoms with van der Waals surface area (Å²) in [5, 5.41) is 8.63. The molecule has 0 spiro atoms. The van der Waals surface area contributed by atoms with Gasteiger partial charge < -0.3 is 9.68 Å². The Labute approximate surface area is 88.7 Å². The van der Waals surface area contributed by atoms with E-state index < -0.39 is 0 Å². The minimum absolute atomic E-state index is 0.605. The molecule has 1 aromatic heterocycles. The molecule has 2 rings (SSSR count). The molecule has 0 unspecified atom stereocenters. The third kappa shape index (κ3) is 2.17. The maximum Gasteiger partial charge on any atom is 0.569 e. The molecule has 0 aliphatic carbocycles. The van der Waals surface area contributed by atoms with Crippen LogP contribution in [0, 0.1) is 0 Å². The van der Waals surface area contributed by atoms with Crippen LogP contribution in [0.15, 0.2) is 48.8 Å². The summed E-state index contributed by atoms with van der Waals surface area (Å²) >= 11 is 0. The lowest BCUT2D eigenvalue weighted by Crippen LogP contribution is -2.00. The van der Waals surface area contributed by atoms with E-state index in [1.807, 2.05) is 30.3 Å². The Bertz CT molecular complexity index is 434. The van der Waals surface area contributed by atoms with Crippen molar-refractivity contribution in [3.05, 3.63) is 48.8 Å². The molecule has 73 valence electrons. The Morgan fingerprint density at radius 2 is 2.00 bits per heavy atom. The molecule has 0 atom stereocenters. The van der Waals surface area contributed by atoms with Crippen LogP contribution in [0.4, 0.5) is 0 Å². The van der Waals surface area contributed by atoms with Crippen molar-refractivity contribution in [3.63, 3.8) is 0 Å². The normalized spacial score (nSPS) is 9.67. The molecule has 0 bridgehead atoms. The molecular formula is C11H9BNO2. The monoisotopic (exact) mass is 198 g/mol. The van der Waals surface area contributed by atoms with E-state index in [-0.39, 0.29) is 0 Å². The first-order valence-corrected chi connectivity index (χ1v) is 4.54. The van der Waals surface area contributed by atoms with E-state index in [0.717, 1.165) is 11.1 Å². The average Bonchev–Trinajstić information content (AvgIpc) is 2.31. The molecule has 3 nitrogen and oxygen atoms in total. The number of pyridine rings is 1. The fourth-order valence-corrected chi connectivity index (χ4v) is 1.39. The molecule has 2 aromatic rings. The molecule has 15 heavy (non-hydrogen) atoms. The van der Waals surface area contributed by atoms with Crippen LogP contribution in [-0.2, 0) is 0 Å². The topological polar surface area (TPSA) is 42.4 Å². The van der Waals surface area contributed by atoms with E-state index in [2.05, 4.69) is 4.98 Å². The van der Waals surface area contributed by atoms with Crippen LogP contribution in [-0.4, -0.2) is 17.7 Å². The van der Waals surface area contributed by atoms with Crippen LogP contribution in [0.3, 0.4) is 0 Å². The molecule has 1 aromatic carbocycles. The smallest absolute Gasteiger partial charge is 0.537 e. The Morgan fingerprint density at radius 1 is 1.13 bits per heavy atom. The molecule has 4 heteroatoms. The molecule has 0 amide bonds. The largest absolute Gasteiger partial charge is 0.569 e. The van der Waals surface area contributed by atoms with Crippen molar-refractivity contribution in [2.75, 3.05) is 0 Å². The van der Waals surface area contributed by atoms with Crippen LogP contribution >= 0.6 is 0 Å². The van der Waals surface area contributed by atoms with Gasteiger partial charge in [-0.25, -0.2) is 0 Å². The lowest BCUT2D eigenvalue weighted by Gasteiger charge is -2.08. The van der Waals surface area contributed by atoms with Gasteiger partial charge >= 0.3 is 7.69 Å². The van der Waals surface area contributed by atoms with E-state index >= 15 is 0 Å². The zero-order valence-corrected chi connectivity index (χ0v) is 8.00. The second-order valence-corrected chi connectivity index (χ2v) is 2.96. The summed E-state index contributed by atoms with van der Waals surface area (Å²) in [5.74, 6) is 0.605. The van der Waals surface area contributed by atoms with Gasteiger partial charge in [-0.3, -0.25) is 4.98 Å². The van der Waals surface area contributed by atoms with Crippen molar-refractivity contribution >= 4 is 7.69 Å². The third-order valence-electron chi connectivity index (χ3n) is 2.04. The van der Waals surface area contributed by atoms with Gasteiger partial charge in [0.2, 0.25) is 0 Å². The Balaban J connectivity index is 2.43. The van der Waals surface area contributed by atoms with Crippen LogP contribution in [0.1, 0.15) is 0 Å². The Hall–Kier alpha value is -1.81. The predicted molar refractivity (Wildman–Crippen MR) is 58.3 cm³/mol. The summed E-state index contributed by atoms with van der Waals surface area (Å²) in [6.07, 6.45) is 3.46. The molecular weight excluding hydrogens is 189 g/mol. The fourth-order valence-electron chi connectivity index (χ4n) is 1.39. The summed E-state index contributed by atoms with van der Waals surface area (Å²) in [5.41, 5.74) is 1.85. The predicted octanol–water partition coefficient (Wildman–Crippen LogP) is 1.65. The average molecular weight is 198 g/mol. The summed E-state index contributed by atoms with van der Waals surface area (Å²) in [7, 11) is 0.676. The van der Waals surface area contributed by atoms with Crippen LogP contribution in [0.25, 0.3) is 11.1 Å². The fraction of sp³-hybridized carbons (Fsp3) is 0. The molecule has 0 aliphatic rings. The van der Waals surface area contributed by atoms with Gasteiger partial charge in [-0.15, -0.1) is 0 Å². The molecule has 1 radical (unpaired) electrons. The number of rotatable bonds is 3. The Kier molecular flexibility index (Phi) is 3.00. The number of benzene rings is 1. The second kappa shape index (κ2) is 4.62. The van der Waals surface area contributed by atoms with E-state index in [0.29, 0.717) is 13.4 Å². The van der Waals surface area contributed by atoms with Crippen molar-refractivity contribution in [1.29, 1.82) is 0 Å². The van der Waals surface area contributed by atoms with E-state index in [1.54, 1.807) is 18.5 Å². The number of hydrogen-bond acceptors (Lipinski definition) is 3. The lowest BCUT2D eigenvalue weighted by molar-refractivity contribution is 0.455. The van der Waals surface area contributed by atoms with Gasteiger partial charge in [0.25, 0.3) is 0 Å². The molecule has 0 fully saturated rings. The van der Waals surface area contributed by atoms with Crippen LogP contribution < -0.4 is 4.65 Å². The van der Waals surface area contributed by atoms with Gasteiger partial charge in [-0.1, -0.05) is 24.3 Å². The van der Waals surface area contributed by atoms with Crippen LogP contribution in [0.5, 0.6) is 5.75 Å². The molecule has 0 saturated carbocycles.